The van der Waals surface area contributed by atoms with Crippen LogP contribution in [0.4, 0.5) is 0 Å². The van der Waals surface area contributed by atoms with E-state index in [-0.39, 0.29) is 0 Å². The normalized spacial score (nSPS) is 21.0. The third kappa shape index (κ3) is 4.87. The van der Waals surface area contributed by atoms with Gasteiger partial charge in [-0.15, -0.1) is 11.3 Å². The van der Waals surface area contributed by atoms with Gasteiger partial charge in [0.1, 0.15) is 0 Å². The molecule has 0 aromatic carbocycles. The van der Waals surface area contributed by atoms with Crippen LogP contribution in [0.15, 0.2) is 12.1 Å². The molecule has 1 N–H and O–H groups in total. The molecule has 3 heteroatoms. The van der Waals surface area contributed by atoms with Crippen molar-refractivity contribution in [3.05, 3.63) is 21.9 Å². The average molecular weight is 295 g/mol. The van der Waals surface area contributed by atoms with Crippen molar-refractivity contribution in [2.45, 2.75) is 71.5 Å². The van der Waals surface area contributed by atoms with E-state index in [9.17, 15) is 0 Å². The molecule has 20 heavy (non-hydrogen) atoms. The Morgan fingerprint density at radius 1 is 1.20 bits per heavy atom. The molecule has 2 rings (SSSR count). The van der Waals surface area contributed by atoms with Gasteiger partial charge in [-0.3, -0.25) is 4.90 Å². The maximum Gasteiger partial charge on any atom is 0.0330 e. The van der Waals surface area contributed by atoms with Crippen molar-refractivity contribution in [1.29, 1.82) is 0 Å². The lowest BCUT2D eigenvalue weighted by Gasteiger charge is -2.28. The summed E-state index contributed by atoms with van der Waals surface area (Å²) in [6.07, 6.45) is 8.13. The van der Waals surface area contributed by atoms with Crippen LogP contribution in [0.25, 0.3) is 0 Å². The van der Waals surface area contributed by atoms with Crippen molar-refractivity contribution >= 4 is 11.3 Å². The molecule has 0 spiro atoms. The van der Waals surface area contributed by atoms with Crippen LogP contribution in [-0.4, -0.2) is 24.0 Å². The van der Waals surface area contributed by atoms with Gasteiger partial charge in [-0.25, -0.2) is 0 Å². The van der Waals surface area contributed by atoms with E-state index in [0.29, 0.717) is 0 Å². The van der Waals surface area contributed by atoms with Crippen molar-refractivity contribution in [2.24, 2.45) is 0 Å². The molecule has 1 aliphatic heterocycles. The minimum atomic E-state index is 0.807. The minimum Gasteiger partial charge on any atom is -0.312 e. The van der Waals surface area contributed by atoms with Gasteiger partial charge in [-0.05, 0) is 50.9 Å². The lowest BCUT2D eigenvalue weighted by atomic mass is 10.1. The molecule has 0 amide bonds. The van der Waals surface area contributed by atoms with E-state index in [1.807, 2.05) is 11.3 Å². The number of hydrogen-bond acceptors (Lipinski definition) is 3. The van der Waals surface area contributed by atoms with E-state index in [2.05, 4.69) is 36.2 Å². The van der Waals surface area contributed by atoms with Crippen LogP contribution in [0.1, 0.15) is 62.1 Å². The SMILES string of the molecule is CCCNCc1ccc(CN2CCCCCC2CC)s1. The summed E-state index contributed by atoms with van der Waals surface area (Å²) in [5.41, 5.74) is 0. The van der Waals surface area contributed by atoms with E-state index in [4.69, 9.17) is 0 Å². The third-order valence-corrected chi connectivity index (χ3v) is 5.34. The Balaban J connectivity index is 1.87. The smallest absolute Gasteiger partial charge is 0.0330 e. The van der Waals surface area contributed by atoms with Gasteiger partial charge in [0.25, 0.3) is 0 Å². The number of rotatable bonds is 7. The Kier molecular flexibility index (Phi) is 7.05. The lowest BCUT2D eigenvalue weighted by molar-refractivity contribution is 0.188. The second kappa shape index (κ2) is 8.81. The molecule has 1 unspecified atom stereocenters. The minimum absolute atomic E-state index is 0.807. The molecule has 0 saturated carbocycles. The molecular weight excluding hydrogens is 264 g/mol. The maximum atomic E-state index is 3.50. The van der Waals surface area contributed by atoms with Crippen LogP contribution in [0, 0.1) is 0 Å². The van der Waals surface area contributed by atoms with Crippen molar-refractivity contribution in [3.63, 3.8) is 0 Å². The van der Waals surface area contributed by atoms with Gasteiger partial charge < -0.3 is 5.32 Å². The van der Waals surface area contributed by atoms with Gasteiger partial charge >= 0.3 is 0 Å². The van der Waals surface area contributed by atoms with E-state index in [1.165, 1.54) is 49.9 Å². The Morgan fingerprint density at radius 2 is 2.05 bits per heavy atom. The Morgan fingerprint density at radius 3 is 2.85 bits per heavy atom. The summed E-state index contributed by atoms with van der Waals surface area (Å²) in [6, 6.07) is 5.45. The highest BCUT2D eigenvalue weighted by molar-refractivity contribution is 7.11. The number of nitrogens with one attached hydrogen (secondary N) is 1. The van der Waals surface area contributed by atoms with Gasteiger partial charge in [0.2, 0.25) is 0 Å². The fourth-order valence-corrected chi connectivity index (χ4v) is 4.11. The van der Waals surface area contributed by atoms with Crippen LogP contribution >= 0.6 is 11.3 Å². The first-order valence-electron chi connectivity index (χ1n) is 8.35. The third-order valence-electron chi connectivity index (χ3n) is 4.27. The van der Waals surface area contributed by atoms with Crippen molar-refractivity contribution in [1.82, 2.24) is 10.2 Å². The van der Waals surface area contributed by atoms with Crippen LogP contribution in [0.5, 0.6) is 0 Å². The topological polar surface area (TPSA) is 15.3 Å². The zero-order valence-electron chi connectivity index (χ0n) is 13.2. The highest BCUT2D eigenvalue weighted by Crippen LogP contribution is 2.24. The predicted octanol–water partition coefficient (Wildman–Crippen LogP) is 4.40. The number of thiophene rings is 1. The fourth-order valence-electron chi connectivity index (χ4n) is 3.10. The standard InChI is InChI=1S/C17H30N2S/c1-3-11-18-13-16-9-10-17(20-16)14-19-12-7-5-6-8-15(19)4-2/h9-10,15,18H,3-8,11-14H2,1-2H3. The largest absolute Gasteiger partial charge is 0.312 e. The molecule has 0 radical (unpaired) electrons. The second-order valence-electron chi connectivity index (χ2n) is 5.93. The molecule has 1 saturated heterocycles. The first-order chi connectivity index (χ1) is 9.83. The first-order valence-corrected chi connectivity index (χ1v) is 9.17. The summed E-state index contributed by atoms with van der Waals surface area (Å²) in [6.45, 7) is 9.18. The van der Waals surface area contributed by atoms with E-state index >= 15 is 0 Å². The van der Waals surface area contributed by atoms with Crippen molar-refractivity contribution in [3.8, 4) is 0 Å². The lowest BCUT2D eigenvalue weighted by Crippen LogP contribution is -2.33. The summed E-state index contributed by atoms with van der Waals surface area (Å²) in [5.74, 6) is 0. The zero-order valence-corrected chi connectivity index (χ0v) is 14.0. The summed E-state index contributed by atoms with van der Waals surface area (Å²) < 4.78 is 0. The highest BCUT2D eigenvalue weighted by atomic mass is 32.1. The van der Waals surface area contributed by atoms with Gasteiger partial charge in [-0.1, -0.05) is 26.7 Å². The monoisotopic (exact) mass is 294 g/mol. The second-order valence-corrected chi connectivity index (χ2v) is 7.18. The molecule has 0 aliphatic carbocycles. The number of likely N-dealkylation sites (tertiary alicyclic amines) is 1. The van der Waals surface area contributed by atoms with Gasteiger partial charge in [0, 0.05) is 28.9 Å². The average Bonchev–Trinajstić information content (AvgIpc) is 2.77. The summed E-state index contributed by atoms with van der Waals surface area (Å²) in [7, 11) is 0. The van der Waals surface area contributed by atoms with Crippen LogP contribution in [-0.2, 0) is 13.1 Å². The molecule has 1 fully saturated rings. The molecule has 2 heterocycles. The van der Waals surface area contributed by atoms with Crippen molar-refractivity contribution < 1.29 is 0 Å². The molecule has 1 aliphatic rings. The predicted molar refractivity (Wildman–Crippen MR) is 89.3 cm³/mol. The number of hydrogen-bond donors (Lipinski definition) is 1. The maximum absolute atomic E-state index is 3.50. The van der Waals surface area contributed by atoms with Gasteiger partial charge in [0.05, 0.1) is 0 Å². The quantitative estimate of drug-likeness (QED) is 0.750. The fraction of sp³-hybridized carbons (Fsp3) is 0.765. The molecule has 1 aromatic rings. The Hall–Kier alpha value is -0.380. The zero-order chi connectivity index (χ0) is 14.2. The molecule has 114 valence electrons. The Bertz CT molecular complexity index is 375. The van der Waals surface area contributed by atoms with Crippen LogP contribution in [0.3, 0.4) is 0 Å². The first kappa shape index (κ1) is 16.0. The molecule has 1 atom stereocenters. The van der Waals surface area contributed by atoms with Crippen LogP contribution in [0.2, 0.25) is 0 Å². The number of nitrogens with zero attached hydrogens (tertiary/aromatic N) is 1. The van der Waals surface area contributed by atoms with E-state index < -0.39 is 0 Å². The highest BCUT2D eigenvalue weighted by Gasteiger charge is 2.19. The Labute approximate surface area is 128 Å². The van der Waals surface area contributed by atoms with Crippen molar-refractivity contribution in [2.75, 3.05) is 13.1 Å². The van der Waals surface area contributed by atoms with E-state index in [0.717, 1.165) is 25.7 Å². The summed E-state index contributed by atoms with van der Waals surface area (Å²) in [5, 5.41) is 3.50. The van der Waals surface area contributed by atoms with Crippen LogP contribution < -0.4 is 5.32 Å². The van der Waals surface area contributed by atoms with Gasteiger partial charge in [0.15, 0.2) is 0 Å². The molecule has 2 nitrogen and oxygen atoms in total. The molecule has 0 bridgehead atoms. The molecule has 1 aromatic heterocycles. The van der Waals surface area contributed by atoms with Gasteiger partial charge in [-0.2, -0.15) is 0 Å². The summed E-state index contributed by atoms with van der Waals surface area (Å²) in [4.78, 5) is 5.75. The molecular formula is C17H30N2S. The van der Waals surface area contributed by atoms with E-state index in [1.54, 1.807) is 4.88 Å². The summed E-state index contributed by atoms with van der Waals surface area (Å²) >= 11 is 1.99.